The number of carbonyl (C=O) groups excluding carboxylic acids is 3. The van der Waals surface area contributed by atoms with Gasteiger partial charge in [-0.3, -0.25) is 24.4 Å². The average Bonchev–Trinajstić information content (AvgIpc) is 3.38. The first-order chi connectivity index (χ1) is 16.0. The molecule has 0 bridgehead atoms. The summed E-state index contributed by atoms with van der Waals surface area (Å²) in [5.74, 6) is -0.488. The SMILES string of the molecule is Cc1nccn1-c1ccc(NC(=O)Cn2nc(C3CCC(=O)NC3=O)c3ccccc32)cc1. The molecule has 0 aliphatic carbocycles. The molecule has 1 aliphatic rings. The van der Waals surface area contributed by atoms with Crippen molar-refractivity contribution in [3.05, 3.63) is 72.4 Å². The highest BCUT2D eigenvalue weighted by molar-refractivity contribution is 6.02. The molecule has 33 heavy (non-hydrogen) atoms. The van der Waals surface area contributed by atoms with Crippen LogP contribution >= 0.6 is 0 Å². The monoisotopic (exact) mass is 442 g/mol. The number of amides is 3. The minimum atomic E-state index is -0.518. The zero-order valence-corrected chi connectivity index (χ0v) is 18.0. The fraction of sp³-hybridized carbons (Fsp3) is 0.208. The second-order valence-corrected chi connectivity index (χ2v) is 8.00. The van der Waals surface area contributed by atoms with Gasteiger partial charge in [0.2, 0.25) is 17.7 Å². The zero-order chi connectivity index (χ0) is 22.9. The number of hydrogen-bond donors (Lipinski definition) is 2. The summed E-state index contributed by atoms with van der Waals surface area (Å²) in [5.41, 5.74) is 2.97. The Morgan fingerprint density at radius 3 is 2.67 bits per heavy atom. The molecule has 0 saturated carbocycles. The number of aromatic nitrogens is 4. The van der Waals surface area contributed by atoms with Crippen LogP contribution in [0.5, 0.6) is 0 Å². The molecule has 4 aromatic rings. The van der Waals surface area contributed by atoms with Crippen LogP contribution in [0, 0.1) is 6.92 Å². The first-order valence-electron chi connectivity index (χ1n) is 10.7. The number of imidazole rings is 1. The van der Waals surface area contributed by atoms with Gasteiger partial charge in [-0.15, -0.1) is 0 Å². The molecule has 0 radical (unpaired) electrons. The van der Waals surface area contributed by atoms with Crippen molar-refractivity contribution in [3.63, 3.8) is 0 Å². The highest BCUT2D eigenvalue weighted by Crippen LogP contribution is 2.30. The molecule has 5 rings (SSSR count). The molecule has 9 nitrogen and oxygen atoms in total. The molecule has 2 aromatic carbocycles. The molecular weight excluding hydrogens is 420 g/mol. The largest absolute Gasteiger partial charge is 0.324 e. The molecule has 1 aliphatic heterocycles. The van der Waals surface area contributed by atoms with Crippen LogP contribution in [0.4, 0.5) is 5.69 Å². The normalized spacial score (nSPS) is 16.1. The maximum atomic E-state index is 12.8. The molecule has 1 atom stereocenters. The molecule has 2 aromatic heterocycles. The number of nitrogens with one attached hydrogen (secondary N) is 2. The molecule has 1 fully saturated rings. The van der Waals surface area contributed by atoms with Crippen molar-refractivity contribution in [3.8, 4) is 5.69 Å². The summed E-state index contributed by atoms with van der Waals surface area (Å²) in [6.07, 6.45) is 4.29. The predicted molar refractivity (Wildman–Crippen MR) is 122 cm³/mol. The van der Waals surface area contributed by atoms with Gasteiger partial charge < -0.3 is 9.88 Å². The van der Waals surface area contributed by atoms with Crippen LogP contribution in [-0.4, -0.2) is 37.1 Å². The topological polar surface area (TPSA) is 111 Å². The van der Waals surface area contributed by atoms with E-state index in [1.54, 1.807) is 10.9 Å². The molecule has 2 N–H and O–H groups in total. The standard InChI is InChI=1S/C24H22N6O3/c1-15-25-12-13-29(15)17-8-6-16(7-9-17)26-22(32)14-30-20-5-3-2-4-18(20)23(28-30)19-10-11-21(31)27-24(19)33/h2-9,12-13,19H,10-11,14H2,1H3,(H,26,32)(H,27,31,33). The van der Waals surface area contributed by atoms with Crippen LogP contribution in [0.25, 0.3) is 16.6 Å². The number of nitrogens with zero attached hydrogens (tertiary/aromatic N) is 4. The number of piperidine rings is 1. The second kappa shape index (κ2) is 8.34. The fourth-order valence-electron chi connectivity index (χ4n) is 4.18. The van der Waals surface area contributed by atoms with Gasteiger partial charge >= 0.3 is 0 Å². The fourth-order valence-corrected chi connectivity index (χ4v) is 4.18. The number of benzene rings is 2. The summed E-state index contributed by atoms with van der Waals surface area (Å²) < 4.78 is 3.56. The summed E-state index contributed by atoms with van der Waals surface area (Å²) in [5, 5.41) is 10.7. The first kappa shape index (κ1) is 20.6. The minimum absolute atomic E-state index is 0.00381. The lowest BCUT2D eigenvalue weighted by Crippen LogP contribution is -2.39. The van der Waals surface area contributed by atoms with Gasteiger partial charge in [0.25, 0.3) is 0 Å². The lowest BCUT2D eigenvalue weighted by atomic mass is 9.93. The highest BCUT2D eigenvalue weighted by Gasteiger charge is 2.31. The maximum absolute atomic E-state index is 12.8. The third kappa shape index (κ3) is 4.00. The van der Waals surface area contributed by atoms with E-state index in [2.05, 4.69) is 20.7 Å². The number of hydrogen-bond acceptors (Lipinski definition) is 5. The van der Waals surface area contributed by atoms with Gasteiger partial charge in [-0.25, -0.2) is 4.98 Å². The molecule has 1 unspecified atom stereocenters. The Labute approximate surface area is 189 Å². The minimum Gasteiger partial charge on any atom is -0.324 e. The molecule has 166 valence electrons. The Bertz CT molecular complexity index is 1370. The van der Waals surface area contributed by atoms with Crippen LogP contribution in [-0.2, 0) is 20.9 Å². The Balaban J connectivity index is 1.35. The van der Waals surface area contributed by atoms with E-state index in [0.29, 0.717) is 17.8 Å². The zero-order valence-electron chi connectivity index (χ0n) is 18.0. The Kier molecular flexibility index (Phi) is 5.21. The summed E-state index contributed by atoms with van der Waals surface area (Å²) in [4.78, 5) is 40.9. The van der Waals surface area contributed by atoms with Crippen molar-refractivity contribution in [1.82, 2.24) is 24.6 Å². The molecule has 3 amide bonds. The number of carbonyl (C=O) groups is 3. The molecule has 0 spiro atoms. The van der Waals surface area contributed by atoms with Crippen molar-refractivity contribution >= 4 is 34.3 Å². The quantitative estimate of drug-likeness (QED) is 0.462. The van der Waals surface area contributed by atoms with Crippen molar-refractivity contribution in [2.45, 2.75) is 32.2 Å². The molecule has 9 heteroatoms. The van der Waals surface area contributed by atoms with E-state index in [9.17, 15) is 14.4 Å². The molecule has 3 heterocycles. The first-order valence-corrected chi connectivity index (χ1v) is 10.7. The Morgan fingerprint density at radius 2 is 1.94 bits per heavy atom. The van der Waals surface area contributed by atoms with Gasteiger partial charge in [-0.2, -0.15) is 5.10 Å². The van der Waals surface area contributed by atoms with Crippen molar-refractivity contribution in [2.75, 3.05) is 5.32 Å². The number of anilines is 1. The van der Waals surface area contributed by atoms with E-state index in [0.717, 1.165) is 22.4 Å². The van der Waals surface area contributed by atoms with Gasteiger partial charge in [0.1, 0.15) is 12.4 Å². The number of para-hydroxylation sites is 1. The Hall–Kier alpha value is -4.27. The third-order valence-corrected chi connectivity index (χ3v) is 5.80. The van der Waals surface area contributed by atoms with Crippen LogP contribution in [0.3, 0.4) is 0 Å². The van der Waals surface area contributed by atoms with E-state index in [1.165, 1.54) is 0 Å². The summed E-state index contributed by atoms with van der Waals surface area (Å²) in [6, 6.07) is 15.0. The van der Waals surface area contributed by atoms with Gasteiger partial charge in [0.15, 0.2) is 0 Å². The van der Waals surface area contributed by atoms with Crippen molar-refractivity contribution < 1.29 is 14.4 Å². The third-order valence-electron chi connectivity index (χ3n) is 5.80. The molecular formula is C24H22N6O3. The molecule has 1 saturated heterocycles. The second-order valence-electron chi connectivity index (χ2n) is 8.00. The van der Waals surface area contributed by atoms with E-state index in [4.69, 9.17) is 0 Å². The number of imide groups is 1. The van der Waals surface area contributed by atoms with E-state index >= 15 is 0 Å². The van der Waals surface area contributed by atoms with E-state index in [1.807, 2.05) is 66.2 Å². The summed E-state index contributed by atoms with van der Waals surface area (Å²) in [7, 11) is 0. The van der Waals surface area contributed by atoms with Crippen LogP contribution in [0.15, 0.2) is 60.9 Å². The lowest BCUT2D eigenvalue weighted by molar-refractivity contribution is -0.134. The van der Waals surface area contributed by atoms with Crippen LogP contribution < -0.4 is 10.6 Å². The maximum Gasteiger partial charge on any atom is 0.246 e. The number of aryl methyl sites for hydroxylation is 1. The van der Waals surface area contributed by atoms with Crippen molar-refractivity contribution in [2.24, 2.45) is 0 Å². The lowest BCUT2D eigenvalue weighted by Gasteiger charge is -2.19. The van der Waals surface area contributed by atoms with Crippen LogP contribution in [0.1, 0.15) is 30.3 Å². The van der Waals surface area contributed by atoms with Gasteiger partial charge in [-0.1, -0.05) is 18.2 Å². The highest BCUT2D eigenvalue weighted by atomic mass is 16.2. The predicted octanol–water partition coefficient (Wildman–Crippen LogP) is 2.69. The summed E-state index contributed by atoms with van der Waals surface area (Å²) >= 11 is 0. The van der Waals surface area contributed by atoms with E-state index < -0.39 is 5.92 Å². The van der Waals surface area contributed by atoms with E-state index in [-0.39, 0.29) is 30.7 Å². The number of fused-ring (bicyclic) bond motifs is 1. The van der Waals surface area contributed by atoms with Crippen LogP contribution in [0.2, 0.25) is 0 Å². The van der Waals surface area contributed by atoms with Gasteiger partial charge in [-0.05, 0) is 43.7 Å². The number of rotatable bonds is 5. The van der Waals surface area contributed by atoms with Gasteiger partial charge in [0, 0.05) is 35.6 Å². The van der Waals surface area contributed by atoms with Gasteiger partial charge in [0.05, 0.1) is 17.1 Å². The average molecular weight is 442 g/mol. The Morgan fingerprint density at radius 1 is 1.15 bits per heavy atom. The smallest absolute Gasteiger partial charge is 0.246 e. The summed E-state index contributed by atoms with van der Waals surface area (Å²) in [6.45, 7) is 1.92. The van der Waals surface area contributed by atoms with Crippen molar-refractivity contribution in [1.29, 1.82) is 0 Å².